The average molecular weight is 338 g/mol. The van der Waals surface area contributed by atoms with Gasteiger partial charge >= 0.3 is 73.9 Å². The molecule has 0 atom stereocenters. The van der Waals surface area contributed by atoms with Crippen molar-refractivity contribution in [2.45, 2.75) is 0 Å². The topological polar surface area (TPSA) is 0 Å². The summed E-state index contributed by atoms with van der Waals surface area (Å²) in [5.74, 6) is -0.309. The van der Waals surface area contributed by atoms with Gasteiger partial charge in [0.1, 0.15) is 0 Å². The minimum atomic E-state index is -0.309. The molecular weight excluding hydrogens is 334 g/mol. The summed E-state index contributed by atoms with van der Waals surface area (Å²) in [6.45, 7) is 0. The van der Waals surface area contributed by atoms with Crippen molar-refractivity contribution in [3.05, 3.63) is 29.0 Å². The van der Waals surface area contributed by atoms with Crippen LogP contribution in [0.25, 0.3) is 0 Å². The molecule has 0 spiro atoms. The molecule has 0 fully saturated rings. The number of hydrogen-bond acceptors (Lipinski definition) is 0. The Labute approximate surface area is 73.7 Å². The van der Waals surface area contributed by atoms with Gasteiger partial charge in [-0.3, -0.25) is 0 Å². The van der Waals surface area contributed by atoms with Crippen molar-refractivity contribution in [1.29, 1.82) is 0 Å². The van der Waals surface area contributed by atoms with Gasteiger partial charge in [0.25, 0.3) is 0 Å². The summed E-state index contributed by atoms with van der Waals surface area (Å²) in [7, 11) is 0. The van der Waals surface area contributed by atoms with Gasteiger partial charge in [0.2, 0.25) is 0 Å². The average Bonchev–Trinajstić information content (AvgIpc) is 1.80. The van der Waals surface area contributed by atoms with E-state index in [1.54, 1.807) is 6.07 Å². The molecule has 0 nitrogen and oxygen atoms in total. The van der Waals surface area contributed by atoms with Gasteiger partial charge in [-0.2, -0.15) is 0 Å². The van der Waals surface area contributed by atoms with Crippen LogP contribution in [0.5, 0.6) is 0 Å². The Morgan fingerprint density at radius 1 is 1.44 bits per heavy atom. The number of benzene rings is 1. The van der Waals surface area contributed by atoms with E-state index >= 15 is 0 Å². The normalized spacial score (nSPS) is 9.67. The quantitative estimate of drug-likeness (QED) is 0.620. The van der Waals surface area contributed by atoms with Crippen LogP contribution in [0.15, 0.2) is 18.2 Å². The molecule has 1 aromatic carbocycles. The van der Waals surface area contributed by atoms with Gasteiger partial charge < -0.3 is 0 Å². The molecule has 9 heavy (non-hydrogen) atoms. The minimum absolute atomic E-state index is 0.208. The van der Waals surface area contributed by atoms with E-state index in [0.29, 0.717) is 25.8 Å². The zero-order valence-corrected chi connectivity index (χ0v) is 9.81. The molecule has 3 heteroatoms. The Morgan fingerprint density at radius 2 is 2.11 bits per heavy atom. The second-order valence-electron chi connectivity index (χ2n) is 1.67. The van der Waals surface area contributed by atoms with Crippen molar-refractivity contribution >= 4 is 40.5 Å². The summed E-state index contributed by atoms with van der Waals surface area (Å²) < 4.78 is 13.5. The van der Waals surface area contributed by atoms with Crippen LogP contribution in [0.2, 0.25) is 5.02 Å². The van der Waals surface area contributed by atoms with E-state index in [1.807, 2.05) is 6.07 Å². The van der Waals surface area contributed by atoms with Gasteiger partial charge in [-0.15, -0.1) is 0 Å². The van der Waals surface area contributed by atoms with Crippen molar-refractivity contribution in [3.8, 4) is 0 Å². The zero-order valence-electron chi connectivity index (χ0n) is 4.57. The molecule has 0 N–H and O–H groups in total. The van der Waals surface area contributed by atoms with Gasteiger partial charge in [-0.05, 0) is 0 Å². The third-order valence-corrected chi connectivity index (χ3v) is 2.65. The van der Waals surface area contributed by atoms with E-state index in [4.69, 9.17) is 11.6 Å². The Kier molecular flexibility index (Phi) is 2.46. The fourth-order valence-corrected chi connectivity index (χ4v) is 1.57. The number of rotatable bonds is 0. The van der Waals surface area contributed by atoms with Crippen LogP contribution in [0, 0.1) is 5.82 Å². The van der Waals surface area contributed by atoms with Gasteiger partial charge in [0.15, 0.2) is 0 Å². The van der Waals surface area contributed by atoms with Crippen LogP contribution in [-0.4, -0.2) is 25.8 Å². The molecule has 0 saturated heterocycles. The molecule has 0 amide bonds. The Balaban J connectivity index is 3.17. The summed E-state index contributed by atoms with van der Waals surface area (Å²) >= 11 is 6.11. The molecular formula is C6H4ClFPb. The standard InChI is InChI=1S/C6H3ClF.Pb.H/c7-5-3-1-2-4-6(5)8;;/h1,3-4H;;. The third-order valence-electron chi connectivity index (χ3n) is 0.944. The van der Waals surface area contributed by atoms with Crippen LogP contribution in [0.1, 0.15) is 0 Å². The Bertz CT molecular complexity index is 224. The van der Waals surface area contributed by atoms with Crippen LogP contribution in [0.3, 0.4) is 0 Å². The Morgan fingerprint density at radius 3 is 2.56 bits per heavy atom. The molecule has 2 radical (unpaired) electrons. The molecule has 0 heterocycles. The first kappa shape index (κ1) is 7.47. The summed E-state index contributed by atoms with van der Waals surface area (Å²) in [6, 6.07) is 4.91. The zero-order chi connectivity index (χ0) is 6.85. The van der Waals surface area contributed by atoms with E-state index in [9.17, 15) is 4.39 Å². The van der Waals surface area contributed by atoms with E-state index in [0.717, 1.165) is 3.12 Å². The molecule has 46 valence electrons. The third kappa shape index (κ3) is 1.90. The molecule has 0 aliphatic heterocycles. The maximum absolute atomic E-state index is 12.5. The van der Waals surface area contributed by atoms with E-state index in [1.165, 1.54) is 6.07 Å². The number of hydrogen-bond donors (Lipinski definition) is 0. The second kappa shape index (κ2) is 2.97. The summed E-state index contributed by atoms with van der Waals surface area (Å²) in [5, 5.41) is 0.208. The van der Waals surface area contributed by atoms with Crippen molar-refractivity contribution in [2.24, 2.45) is 0 Å². The van der Waals surface area contributed by atoms with Crippen molar-refractivity contribution in [1.82, 2.24) is 0 Å². The summed E-state index contributed by atoms with van der Waals surface area (Å²) in [6.07, 6.45) is 0. The second-order valence-corrected chi connectivity index (χ2v) is 4.67. The van der Waals surface area contributed by atoms with Gasteiger partial charge in [-0.25, -0.2) is 0 Å². The van der Waals surface area contributed by atoms with Crippen LogP contribution in [-0.2, 0) is 0 Å². The van der Waals surface area contributed by atoms with Crippen LogP contribution in [0.4, 0.5) is 4.39 Å². The first-order valence-electron chi connectivity index (χ1n) is 2.40. The van der Waals surface area contributed by atoms with Gasteiger partial charge in [-0.1, -0.05) is 0 Å². The SMILES string of the molecule is Fc1c[c]([PbH])ccc1Cl. The maximum atomic E-state index is 12.5. The fraction of sp³-hybridized carbons (Fsp3) is 0. The molecule has 0 bridgehead atoms. The molecule has 1 aromatic rings. The predicted molar refractivity (Wildman–Crippen MR) is 38.2 cm³/mol. The van der Waals surface area contributed by atoms with Crippen LogP contribution < -0.4 is 3.12 Å². The predicted octanol–water partition coefficient (Wildman–Crippen LogP) is 1.01. The van der Waals surface area contributed by atoms with Crippen molar-refractivity contribution in [2.75, 3.05) is 0 Å². The molecule has 1 rings (SSSR count). The summed E-state index contributed by atoms with van der Waals surface area (Å²) in [5.41, 5.74) is 0. The molecule has 0 saturated carbocycles. The van der Waals surface area contributed by atoms with Crippen molar-refractivity contribution < 1.29 is 4.39 Å². The summed E-state index contributed by atoms with van der Waals surface area (Å²) in [4.78, 5) is 0. The van der Waals surface area contributed by atoms with Gasteiger partial charge in [0.05, 0.1) is 0 Å². The monoisotopic (exact) mass is 338 g/mol. The van der Waals surface area contributed by atoms with Crippen molar-refractivity contribution in [3.63, 3.8) is 0 Å². The molecule has 0 unspecified atom stereocenters. The van der Waals surface area contributed by atoms with E-state index in [-0.39, 0.29) is 10.8 Å². The van der Waals surface area contributed by atoms with Gasteiger partial charge in [0, 0.05) is 0 Å². The number of halogens is 2. The fourth-order valence-electron chi connectivity index (χ4n) is 0.512. The first-order valence-corrected chi connectivity index (χ1v) is 5.03. The molecule has 0 aliphatic carbocycles. The van der Waals surface area contributed by atoms with Crippen LogP contribution >= 0.6 is 11.6 Å². The van der Waals surface area contributed by atoms with E-state index < -0.39 is 0 Å². The molecule has 0 aliphatic rings. The first-order chi connectivity index (χ1) is 4.20. The Hall–Kier alpha value is 0.362. The van der Waals surface area contributed by atoms with E-state index in [2.05, 4.69) is 0 Å². The molecule has 0 aromatic heterocycles.